The standard InChI is InChI=1S/C14H8O4.C14H10O4.C9H8O4.C8H14O4.C7H8O4.C7H10O4.2C7H12O4.C6H10O4.C5H6O4.C4H6O4.C3H2O4/c15-13-11-7-3-1-5-9(11)10-6-2-4-8-12(10)14(16)18-17-13;15-13(11-7-3-1-4-8-11)17-18-14(16)12-9-5-2-6-10-12;1-7(10)12-13-9(11)8-5-3-2-4-6-8;1-5(2)6(3)8(10)12-11-7(4)9;8-5-7(3-1-2-4-7)6(9)11-10-5;1-3-7(4-2)5(8)10-11-6(7)9;1-4-5(2)7(9)11-10-6(3)8;1-3-5-7(9)11-10-6(8)4-2;1-3-4-6(8)10-9-5(2)7;1-5(2)3(6)8-9-4(5)7;1-3(5)7-8-4(2)6;4-2-1-3(5)7-6-2/h1-8H;1-10H;2-6H,1H3;5-6H,1-4H3;1-4H2;3-4H2,1-2H3;5H,4H2,1-3H3;3-5H2,1-2H3;3-4H2,1-2H3;1-2H3;1-2H3;1H2. The Morgan fingerprint density at radius 3 is 0.878 bits per heavy atom. The van der Waals surface area contributed by atoms with Gasteiger partial charge in [-0.3, -0.25) is 0 Å². The summed E-state index contributed by atoms with van der Waals surface area (Å²) >= 11 is 0. The quantitative estimate of drug-likeness (QED) is 0.0566. The van der Waals surface area contributed by atoms with E-state index >= 15 is 0 Å². The maximum Gasteiger partial charge on any atom is 0.386 e. The minimum Gasteiger partial charge on any atom is -0.248 e. The third-order valence-corrected chi connectivity index (χ3v) is 17.4. The first-order valence-electron chi connectivity index (χ1n) is 41.7. The van der Waals surface area contributed by atoms with Gasteiger partial charge in [-0.2, -0.15) is 0 Å². The maximum absolute atomic E-state index is 11.7. The summed E-state index contributed by atoms with van der Waals surface area (Å²) in [4.78, 5) is 355. The minimum atomic E-state index is -1.11. The lowest BCUT2D eigenvalue weighted by Gasteiger charge is -2.14. The van der Waals surface area contributed by atoms with Crippen LogP contribution in [-0.4, -0.2) is 143 Å². The van der Waals surface area contributed by atoms with Crippen LogP contribution in [0.4, 0.5) is 0 Å². The van der Waals surface area contributed by atoms with Crippen molar-refractivity contribution in [2.45, 2.75) is 208 Å². The third kappa shape index (κ3) is 47.7. The number of hydrogen-bond donors (Lipinski definition) is 0. The van der Waals surface area contributed by atoms with E-state index in [1.807, 2.05) is 34.6 Å². The molecule has 1 spiro atoms. The van der Waals surface area contributed by atoms with Crippen LogP contribution in [0.5, 0.6) is 0 Å². The van der Waals surface area contributed by atoms with Gasteiger partial charge in [0, 0.05) is 60.8 Å². The molecule has 0 N–H and O–H groups in total. The van der Waals surface area contributed by atoms with Crippen molar-refractivity contribution in [1.29, 1.82) is 0 Å². The highest BCUT2D eigenvalue weighted by atomic mass is 17.3. The Labute approximate surface area is 793 Å². The van der Waals surface area contributed by atoms with Gasteiger partial charge in [0.25, 0.3) is 0 Å². The molecule has 5 heterocycles. The number of carbonyl (C=O) groups is 24. The first kappa shape index (κ1) is 122. The fourth-order valence-corrected chi connectivity index (χ4v) is 9.15. The first-order valence-corrected chi connectivity index (χ1v) is 41.7. The summed E-state index contributed by atoms with van der Waals surface area (Å²) in [6, 6.07) is 38.7. The van der Waals surface area contributed by atoms with Crippen LogP contribution in [0.15, 0.2) is 140 Å². The van der Waals surface area contributed by atoms with Gasteiger partial charge in [-0.25, -0.2) is 232 Å². The molecular weight excluding hydrogens is 1860 g/mol. The fraction of sp³-hybridized carbons (Fsp3) is 0.407. The van der Waals surface area contributed by atoms with E-state index in [-0.39, 0.29) is 43.4 Å². The lowest BCUT2D eigenvalue weighted by molar-refractivity contribution is -0.261. The summed E-state index contributed by atoms with van der Waals surface area (Å²) < 4.78 is 0. The zero-order valence-corrected chi connectivity index (χ0v) is 78.8. The molecule has 5 aromatic rings. The normalized spacial score (nSPS) is 13.9. The van der Waals surface area contributed by atoms with Crippen LogP contribution in [-0.2, 0) is 208 Å². The van der Waals surface area contributed by atoms with E-state index in [0.717, 1.165) is 33.6 Å². The van der Waals surface area contributed by atoms with Crippen molar-refractivity contribution in [3.8, 4) is 11.1 Å². The highest BCUT2D eigenvalue weighted by molar-refractivity contribution is 6.06. The van der Waals surface area contributed by atoms with E-state index < -0.39 is 160 Å². The molecule has 5 aliphatic heterocycles. The topological polar surface area (TPSA) is 631 Å². The highest BCUT2D eigenvalue weighted by Crippen LogP contribution is 2.44. The Balaban J connectivity index is 0.00000151. The Morgan fingerprint density at radius 1 is 0.317 bits per heavy atom. The number of benzene rings is 5. The van der Waals surface area contributed by atoms with Gasteiger partial charge >= 0.3 is 143 Å². The molecule has 1 saturated carbocycles. The van der Waals surface area contributed by atoms with E-state index in [1.54, 1.807) is 174 Å². The molecule has 139 heavy (non-hydrogen) atoms. The zero-order chi connectivity index (χ0) is 106. The molecule has 0 amide bonds. The van der Waals surface area contributed by atoms with Gasteiger partial charge in [0.2, 0.25) is 0 Å². The minimum absolute atomic E-state index is 0.174. The smallest absolute Gasteiger partial charge is 0.248 e. The Hall–Kier alpha value is -16.6. The summed E-state index contributed by atoms with van der Waals surface area (Å²) in [6.07, 6.45) is 6.39. The summed E-state index contributed by atoms with van der Waals surface area (Å²) in [6.45, 7) is 27.7. The van der Waals surface area contributed by atoms with Crippen LogP contribution in [0.2, 0.25) is 0 Å². The van der Waals surface area contributed by atoms with Gasteiger partial charge in [0.15, 0.2) is 22.7 Å². The maximum atomic E-state index is 11.7. The molecule has 1 aliphatic carbocycles. The van der Waals surface area contributed by atoms with Gasteiger partial charge in [-0.05, 0) is 124 Å². The van der Waals surface area contributed by atoms with E-state index in [2.05, 4.69) is 117 Å². The summed E-state index contributed by atoms with van der Waals surface area (Å²) in [5.41, 5.74) is -0.0140. The molecule has 0 aromatic heterocycles. The van der Waals surface area contributed by atoms with Crippen molar-refractivity contribution < 1.29 is 232 Å². The van der Waals surface area contributed by atoms with Crippen LogP contribution in [0.25, 0.3) is 11.1 Å². The van der Waals surface area contributed by atoms with Crippen molar-refractivity contribution in [3.63, 3.8) is 0 Å². The second-order valence-electron chi connectivity index (χ2n) is 28.9. The predicted molar refractivity (Wildman–Crippen MR) is 454 cm³/mol. The van der Waals surface area contributed by atoms with Crippen molar-refractivity contribution in [2.24, 2.45) is 34.0 Å². The Bertz CT molecular complexity index is 4760. The molecule has 5 fully saturated rings. The largest absolute Gasteiger partial charge is 0.386 e. The number of fused-ring (bicyclic) bond motifs is 3. The first-order chi connectivity index (χ1) is 65.5. The molecule has 5 aromatic carbocycles. The van der Waals surface area contributed by atoms with Crippen LogP contribution >= 0.6 is 0 Å². The molecule has 11 rings (SSSR count). The second-order valence-corrected chi connectivity index (χ2v) is 28.9. The van der Waals surface area contributed by atoms with Gasteiger partial charge in [0.1, 0.15) is 0 Å². The summed E-state index contributed by atoms with van der Waals surface area (Å²) in [5, 5.41) is 0. The van der Waals surface area contributed by atoms with E-state index in [4.69, 9.17) is 0 Å². The molecule has 48 heteroatoms. The van der Waals surface area contributed by atoms with Crippen LogP contribution < -0.4 is 0 Å². The molecular formula is C91H106O48. The molecule has 0 bridgehead atoms. The number of carbonyl (C=O) groups excluding carboxylic acids is 24. The Morgan fingerprint density at radius 2 is 0.597 bits per heavy atom. The number of hydrogen-bond acceptors (Lipinski definition) is 48. The molecule has 2 atom stereocenters. The highest BCUT2D eigenvalue weighted by Gasteiger charge is 2.57. The molecule has 48 nitrogen and oxygen atoms in total. The van der Waals surface area contributed by atoms with Gasteiger partial charge in [0.05, 0.1) is 39.7 Å². The van der Waals surface area contributed by atoms with Crippen molar-refractivity contribution >= 4 is 143 Å². The SMILES string of the molecule is CC(=O)OOC(=O)C(C)C(C)C.CC(=O)OOC(=O)c1ccccc1.CC(=O)OOC(C)=O.CC1(C)C(=O)OOC1=O.CCC(C)C(=O)OOC(C)=O.CCC1(CC)C(=O)OOC1=O.CCCC(=O)OOC(=O)CC.CCCC(=O)OOC(C)=O.O=C(OOC(=O)c1ccccc1)c1ccccc1.O=C1CC(=O)OO1.O=C1OOC(=O)C12CCCC2.O=C1OOC(=O)c2ccccc2-c2ccccc21. The van der Waals surface area contributed by atoms with E-state index in [0.29, 0.717) is 83.9 Å². The Kier molecular flexibility index (Phi) is 58.0. The van der Waals surface area contributed by atoms with E-state index in [1.165, 1.54) is 34.6 Å². The molecule has 758 valence electrons. The average molecular weight is 1970 g/mol. The van der Waals surface area contributed by atoms with Crippen LogP contribution in [0, 0.1) is 34.0 Å². The predicted octanol–water partition coefficient (Wildman–Crippen LogP) is 11.7. The third-order valence-electron chi connectivity index (χ3n) is 17.4. The van der Waals surface area contributed by atoms with Crippen molar-refractivity contribution in [2.75, 3.05) is 0 Å². The lowest BCUT2D eigenvalue weighted by atomic mass is 9.83. The molecule has 6 aliphatic rings. The van der Waals surface area contributed by atoms with E-state index in [9.17, 15) is 115 Å². The fourth-order valence-electron chi connectivity index (χ4n) is 9.15. The monoisotopic (exact) mass is 1970 g/mol. The van der Waals surface area contributed by atoms with Gasteiger partial charge in [-0.15, -0.1) is 0 Å². The van der Waals surface area contributed by atoms with Crippen molar-refractivity contribution in [1.82, 2.24) is 0 Å². The second kappa shape index (κ2) is 65.9. The zero-order valence-electron chi connectivity index (χ0n) is 78.8. The van der Waals surface area contributed by atoms with Crippen LogP contribution in [0.1, 0.15) is 260 Å². The van der Waals surface area contributed by atoms with Gasteiger partial charge < -0.3 is 0 Å². The van der Waals surface area contributed by atoms with Crippen molar-refractivity contribution in [3.05, 3.63) is 167 Å². The average Bonchev–Trinajstić information content (AvgIpc) is 1.64. The molecule has 4 saturated heterocycles. The molecule has 2 unspecified atom stereocenters. The summed E-state index contributed by atoms with van der Waals surface area (Å²) in [7, 11) is 0. The van der Waals surface area contributed by atoms with Gasteiger partial charge in [-0.1, -0.05) is 173 Å². The molecule has 0 radical (unpaired) electrons. The van der Waals surface area contributed by atoms with Crippen LogP contribution in [0.3, 0.4) is 0 Å². The lowest BCUT2D eigenvalue weighted by Crippen LogP contribution is -2.31. The number of rotatable bonds is 14. The summed E-state index contributed by atoms with van der Waals surface area (Å²) in [5.74, 6) is -14.8.